The molecule has 1 nitrogen and oxygen atoms in total. The average molecular weight is 370 g/mol. The lowest BCUT2D eigenvalue weighted by Crippen LogP contribution is -2.29. The minimum Gasteiger partial charge on any atom is -0.268 e. The fraction of sp³-hybridized carbons (Fsp3) is 0.500. The van der Waals surface area contributed by atoms with Gasteiger partial charge < -0.3 is 0 Å². The molecule has 0 radical (unpaired) electrons. The maximum atomic E-state index is 2.83. The van der Waals surface area contributed by atoms with Crippen LogP contribution in [0.15, 0.2) is 60.7 Å². The molecule has 2 heteroatoms. The van der Waals surface area contributed by atoms with Crippen molar-refractivity contribution in [1.29, 1.82) is 0 Å². The van der Waals surface area contributed by atoms with E-state index in [0.29, 0.717) is 12.1 Å². The second kappa shape index (κ2) is 10.2. The van der Waals surface area contributed by atoms with Gasteiger partial charge in [-0.2, -0.15) is 0 Å². The van der Waals surface area contributed by atoms with Crippen LogP contribution in [0, 0.1) is 11.8 Å². The van der Waals surface area contributed by atoms with Crippen LogP contribution in [0.5, 0.6) is 0 Å². The highest BCUT2D eigenvalue weighted by molar-refractivity contribution is 7.55. The van der Waals surface area contributed by atoms with Gasteiger partial charge in [-0.05, 0) is 57.2 Å². The molecule has 0 bridgehead atoms. The zero-order chi connectivity index (χ0) is 19.1. The number of hydrogen-bond donors (Lipinski definition) is 0. The van der Waals surface area contributed by atoms with Crippen LogP contribution in [-0.2, 0) is 0 Å². The normalized spacial score (nSPS) is 14.4. The van der Waals surface area contributed by atoms with Crippen LogP contribution in [0.25, 0.3) is 0 Å². The van der Waals surface area contributed by atoms with Crippen molar-refractivity contribution in [1.82, 2.24) is 4.67 Å². The van der Waals surface area contributed by atoms with Gasteiger partial charge in [0.1, 0.15) is 0 Å². The van der Waals surface area contributed by atoms with Crippen molar-refractivity contribution in [3.63, 3.8) is 0 Å². The first kappa shape index (κ1) is 21.1. The predicted octanol–water partition coefficient (Wildman–Crippen LogP) is 7.52. The number of benzene rings is 2. The van der Waals surface area contributed by atoms with Crippen molar-refractivity contribution in [2.75, 3.05) is 12.3 Å². The van der Waals surface area contributed by atoms with Gasteiger partial charge in [0.15, 0.2) is 0 Å². The summed E-state index contributed by atoms with van der Waals surface area (Å²) in [5.74, 6) is 1.46. The van der Waals surface area contributed by atoms with Gasteiger partial charge in [-0.3, -0.25) is 4.67 Å². The molecule has 2 atom stereocenters. The Hall–Kier alpha value is -1.17. The third-order valence-corrected chi connectivity index (χ3v) is 8.49. The van der Waals surface area contributed by atoms with Crippen LogP contribution >= 0.6 is 8.07 Å². The van der Waals surface area contributed by atoms with Crippen molar-refractivity contribution in [3.05, 3.63) is 71.8 Å². The maximum Gasteiger partial charge on any atom is 0.0363 e. The summed E-state index contributed by atoms with van der Waals surface area (Å²) in [7, 11) is -0.196. The largest absolute Gasteiger partial charge is 0.268 e. The second-order valence-electron chi connectivity index (χ2n) is 8.21. The molecule has 0 unspecified atom stereocenters. The molecule has 2 aromatic carbocycles. The highest BCUT2D eigenvalue weighted by Gasteiger charge is 2.30. The van der Waals surface area contributed by atoms with Gasteiger partial charge in [-0.15, -0.1) is 0 Å². The number of hydrogen-bond acceptors (Lipinski definition) is 1. The molecule has 0 aliphatic rings. The average Bonchev–Trinajstić information content (AvgIpc) is 2.62. The van der Waals surface area contributed by atoms with Crippen molar-refractivity contribution < 1.29 is 0 Å². The van der Waals surface area contributed by atoms with E-state index in [2.05, 4.69) is 107 Å². The maximum absolute atomic E-state index is 2.83. The zero-order valence-electron chi connectivity index (χ0n) is 17.4. The molecular formula is C24H36NP. The molecule has 142 valence electrons. The molecule has 0 saturated carbocycles. The summed E-state index contributed by atoms with van der Waals surface area (Å²) in [6.07, 6.45) is 2.61. The first-order valence-corrected chi connectivity index (χ1v) is 11.7. The van der Waals surface area contributed by atoms with Crippen LogP contribution < -0.4 is 0 Å². The summed E-state index contributed by atoms with van der Waals surface area (Å²) in [6.45, 7) is 14.3. The Balaban J connectivity index is 2.41. The molecule has 0 saturated heterocycles. The van der Waals surface area contributed by atoms with Crippen LogP contribution in [0.1, 0.15) is 64.8 Å². The van der Waals surface area contributed by atoms with E-state index in [1.165, 1.54) is 23.5 Å². The number of nitrogens with zero attached hydrogens (tertiary/aromatic N) is 1. The molecule has 0 N–H and O–H groups in total. The van der Waals surface area contributed by atoms with E-state index in [0.717, 1.165) is 11.8 Å². The van der Waals surface area contributed by atoms with E-state index in [1.54, 1.807) is 0 Å². The Bertz CT molecular complexity index is 568. The first-order valence-electron chi connectivity index (χ1n) is 10.0. The summed E-state index contributed by atoms with van der Waals surface area (Å²) in [5, 5.41) is 0. The van der Waals surface area contributed by atoms with Gasteiger partial charge in [-0.1, -0.05) is 88.4 Å². The molecule has 2 rings (SSSR count). The SMILES string of the molecule is CC(C)CP(CC(C)C)N([C@@H](C)c1ccccc1)[C@@H](C)c1ccccc1. The summed E-state index contributed by atoms with van der Waals surface area (Å²) in [4.78, 5) is 0. The molecule has 26 heavy (non-hydrogen) atoms. The van der Waals surface area contributed by atoms with Gasteiger partial charge in [0.2, 0.25) is 0 Å². The lowest BCUT2D eigenvalue weighted by molar-refractivity contribution is 0.295. The van der Waals surface area contributed by atoms with Gasteiger partial charge >= 0.3 is 0 Å². The van der Waals surface area contributed by atoms with Gasteiger partial charge in [0.25, 0.3) is 0 Å². The predicted molar refractivity (Wildman–Crippen MR) is 118 cm³/mol. The summed E-state index contributed by atoms with van der Waals surface area (Å²) in [5.41, 5.74) is 2.85. The van der Waals surface area contributed by atoms with Crippen LogP contribution in [0.4, 0.5) is 0 Å². The lowest BCUT2D eigenvalue weighted by atomic mass is 10.0. The molecule has 0 amide bonds. The van der Waals surface area contributed by atoms with E-state index in [-0.39, 0.29) is 8.07 Å². The number of rotatable bonds is 9. The molecule has 0 fully saturated rings. The van der Waals surface area contributed by atoms with Crippen molar-refractivity contribution in [2.24, 2.45) is 11.8 Å². The van der Waals surface area contributed by atoms with E-state index in [4.69, 9.17) is 0 Å². The Labute approximate surface area is 162 Å². The molecule has 0 aromatic heterocycles. The van der Waals surface area contributed by atoms with E-state index in [1.807, 2.05) is 0 Å². The van der Waals surface area contributed by atoms with E-state index >= 15 is 0 Å². The molecular weight excluding hydrogens is 333 g/mol. The highest BCUT2D eigenvalue weighted by atomic mass is 31.1. The minimum absolute atomic E-state index is 0.196. The fourth-order valence-corrected chi connectivity index (χ4v) is 7.16. The Kier molecular flexibility index (Phi) is 8.32. The highest BCUT2D eigenvalue weighted by Crippen LogP contribution is 2.53. The lowest BCUT2D eigenvalue weighted by Gasteiger charge is -2.43. The quantitative estimate of drug-likeness (QED) is 0.413. The van der Waals surface area contributed by atoms with Crippen molar-refractivity contribution in [3.8, 4) is 0 Å². The standard InChI is InChI=1S/C24H36NP/c1-19(2)17-26(18-20(3)4)25(21(5)23-13-9-7-10-14-23)22(6)24-15-11-8-12-16-24/h7-16,19-22H,17-18H2,1-6H3/t21-,22-/m0/s1. The topological polar surface area (TPSA) is 3.24 Å². The summed E-state index contributed by atoms with van der Waals surface area (Å²) in [6, 6.07) is 22.9. The Morgan fingerprint density at radius 1 is 0.615 bits per heavy atom. The van der Waals surface area contributed by atoms with Crippen LogP contribution in [0.3, 0.4) is 0 Å². The van der Waals surface area contributed by atoms with Gasteiger partial charge in [0.05, 0.1) is 0 Å². The molecule has 0 aliphatic carbocycles. The summed E-state index contributed by atoms with van der Waals surface area (Å²) < 4.78 is 2.83. The van der Waals surface area contributed by atoms with Crippen molar-refractivity contribution >= 4 is 8.07 Å². The summed E-state index contributed by atoms with van der Waals surface area (Å²) >= 11 is 0. The molecule has 2 aromatic rings. The van der Waals surface area contributed by atoms with Gasteiger partial charge in [0, 0.05) is 12.1 Å². The van der Waals surface area contributed by atoms with E-state index in [9.17, 15) is 0 Å². The minimum atomic E-state index is -0.196. The molecule has 0 heterocycles. The second-order valence-corrected chi connectivity index (χ2v) is 10.4. The molecule has 0 spiro atoms. The van der Waals surface area contributed by atoms with Crippen LogP contribution in [-0.4, -0.2) is 17.0 Å². The third-order valence-electron chi connectivity index (χ3n) is 4.84. The van der Waals surface area contributed by atoms with Crippen LogP contribution in [0.2, 0.25) is 0 Å². The van der Waals surface area contributed by atoms with Gasteiger partial charge in [-0.25, -0.2) is 0 Å². The zero-order valence-corrected chi connectivity index (χ0v) is 18.3. The Morgan fingerprint density at radius 2 is 0.962 bits per heavy atom. The van der Waals surface area contributed by atoms with E-state index < -0.39 is 0 Å². The molecule has 0 aliphatic heterocycles. The smallest absolute Gasteiger partial charge is 0.0363 e. The monoisotopic (exact) mass is 369 g/mol. The Morgan fingerprint density at radius 3 is 1.27 bits per heavy atom. The third kappa shape index (κ3) is 5.93. The fourth-order valence-electron chi connectivity index (χ4n) is 3.70. The first-order chi connectivity index (χ1) is 12.4. The van der Waals surface area contributed by atoms with Crippen molar-refractivity contribution in [2.45, 2.75) is 53.6 Å².